The molecule has 0 radical (unpaired) electrons. The van der Waals surface area contributed by atoms with Gasteiger partial charge in [0, 0.05) is 18.3 Å². The van der Waals surface area contributed by atoms with Crippen LogP contribution in [0.25, 0.3) is 11.3 Å². The molecule has 1 heterocycles. The van der Waals surface area contributed by atoms with Crippen molar-refractivity contribution in [1.82, 2.24) is 19.7 Å². The molecule has 28 heavy (non-hydrogen) atoms. The number of benzene rings is 2. The van der Waals surface area contributed by atoms with Gasteiger partial charge < -0.3 is 0 Å². The van der Waals surface area contributed by atoms with Crippen molar-refractivity contribution >= 4 is 5.57 Å². The first-order valence-corrected chi connectivity index (χ1v) is 10.1. The van der Waals surface area contributed by atoms with Gasteiger partial charge in [0.15, 0.2) is 5.82 Å². The first kappa shape index (κ1) is 18.6. The van der Waals surface area contributed by atoms with Crippen LogP contribution in [-0.4, -0.2) is 39.3 Å². The van der Waals surface area contributed by atoms with E-state index >= 15 is 0 Å². The molecule has 2 aromatic carbocycles. The molecule has 4 heteroatoms. The fourth-order valence-electron chi connectivity index (χ4n) is 4.01. The lowest BCUT2D eigenvalue weighted by molar-refractivity contribution is 0.266. The highest BCUT2D eigenvalue weighted by molar-refractivity contribution is 5.63. The molecule has 1 aliphatic rings. The molecule has 4 nitrogen and oxygen atoms in total. The zero-order valence-corrected chi connectivity index (χ0v) is 16.8. The normalized spacial score (nSPS) is 17.0. The van der Waals surface area contributed by atoms with E-state index in [9.17, 15) is 0 Å². The molecule has 1 unspecified atom stereocenters. The monoisotopic (exact) mass is 372 g/mol. The SMILES string of the molecule is Cc1nnc(C2=CC(N(C)CCc3ccccc3)CCC2)n1-c1ccccc1. The summed E-state index contributed by atoms with van der Waals surface area (Å²) in [4.78, 5) is 2.47. The first-order valence-electron chi connectivity index (χ1n) is 10.1. The number of aromatic nitrogens is 3. The van der Waals surface area contributed by atoms with Crippen molar-refractivity contribution < 1.29 is 0 Å². The van der Waals surface area contributed by atoms with Crippen LogP contribution in [0, 0.1) is 6.92 Å². The predicted molar refractivity (Wildman–Crippen MR) is 114 cm³/mol. The Bertz CT molecular complexity index is 928. The van der Waals surface area contributed by atoms with E-state index in [1.807, 2.05) is 13.0 Å². The summed E-state index contributed by atoms with van der Waals surface area (Å²) in [6, 6.07) is 21.6. The maximum absolute atomic E-state index is 4.53. The lowest BCUT2D eigenvalue weighted by Crippen LogP contribution is -2.33. The number of aryl methyl sites for hydroxylation is 1. The van der Waals surface area contributed by atoms with Crippen LogP contribution in [-0.2, 0) is 6.42 Å². The number of allylic oxidation sites excluding steroid dienone is 1. The van der Waals surface area contributed by atoms with Crippen molar-refractivity contribution in [3.05, 3.63) is 84.0 Å². The second-order valence-corrected chi connectivity index (χ2v) is 7.61. The van der Waals surface area contributed by atoms with E-state index in [4.69, 9.17) is 0 Å². The third-order valence-electron chi connectivity index (χ3n) is 5.63. The molecule has 0 fully saturated rings. The molecule has 0 aliphatic heterocycles. The Morgan fingerprint density at radius 1 is 1.00 bits per heavy atom. The Labute approximate surface area is 167 Å². The second kappa shape index (κ2) is 8.53. The largest absolute Gasteiger partial charge is 0.300 e. The minimum atomic E-state index is 0.452. The van der Waals surface area contributed by atoms with Gasteiger partial charge in [0.2, 0.25) is 0 Å². The lowest BCUT2D eigenvalue weighted by atomic mass is 9.94. The number of para-hydroxylation sites is 1. The molecule has 0 spiro atoms. The van der Waals surface area contributed by atoms with Gasteiger partial charge in [0.1, 0.15) is 5.82 Å². The van der Waals surface area contributed by atoms with Crippen LogP contribution in [0.2, 0.25) is 0 Å². The van der Waals surface area contributed by atoms with Crippen LogP contribution in [0.15, 0.2) is 66.7 Å². The second-order valence-electron chi connectivity index (χ2n) is 7.61. The number of hydrogen-bond acceptors (Lipinski definition) is 3. The lowest BCUT2D eigenvalue weighted by Gasteiger charge is -2.29. The van der Waals surface area contributed by atoms with Crippen molar-refractivity contribution in [2.75, 3.05) is 13.6 Å². The quantitative estimate of drug-likeness (QED) is 0.630. The van der Waals surface area contributed by atoms with E-state index in [1.165, 1.54) is 24.0 Å². The van der Waals surface area contributed by atoms with Crippen LogP contribution in [0.1, 0.15) is 36.5 Å². The fourth-order valence-corrected chi connectivity index (χ4v) is 4.01. The summed E-state index contributed by atoms with van der Waals surface area (Å²) in [6.45, 7) is 3.08. The van der Waals surface area contributed by atoms with E-state index in [0.717, 1.165) is 36.7 Å². The van der Waals surface area contributed by atoms with E-state index < -0.39 is 0 Å². The number of likely N-dealkylation sites (N-methyl/N-ethyl adjacent to an activating group) is 1. The first-order chi connectivity index (χ1) is 13.7. The average molecular weight is 373 g/mol. The molecule has 0 amide bonds. The Kier molecular flexibility index (Phi) is 5.68. The van der Waals surface area contributed by atoms with Crippen molar-refractivity contribution in [3.63, 3.8) is 0 Å². The predicted octanol–water partition coefficient (Wildman–Crippen LogP) is 4.69. The maximum atomic E-state index is 4.53. The number of nitrogens with zero attached hydrogens (tertiary/aromatic N) is 4. The van der Waals surface area contributed by atoms with Gasteiger partial charge in [-0.2, -0.15) is 0 Å². The Morgan fingerprint density at radius 2 is 1.71 bits per heavy atom. The summed E-state index contributed by atoms with van der Waals surface area (Å²) < 4.78 is 2.18. The highest BCUT2D eigenvalue weighted by atomic mass is 15.3. The number of hydrogen-bond donors (Lipinski definition) is 0. The van der Waals surface area contributed by atoms with E-state index in [1.54, 1.807) is 0 Å². The van der Waals surface area contributed by atoms with Crippen LogP contribution in [0.5, 0.6) is 0 Å². The fraction of sp³-hybridized carbons (Fsp3) is 0.333. The molecule has 144 valence electrons. The van der Waals surface area contributed by atoms with Gasteiger partial charge in [-0.15, -0.1) is 10.2 Å². The summed E-state index contributed by atoms with van der Waals surface area (Å²) in [5.41, 5.74) is 3.83. The summed E-state index contributed by atoms with van der Waals surface area (Å²) >= 11 is 0. The molecular weight excluding hydrogens is 344 g/mol. The van der Waals surface area contributed by atoms with Gasteiger partial charge in [-0.25, -0.2) is 0 Å². The smallest absolute Gasteiger partial charge is 0.164 e. The maximum Gasteiger partial charge on any atom is 0.164 e. The van der Waals surface area contributed by atoms with Crippen molar-refractivity contribution in [2.45, 2.75) is 38.6 Å². The summed E-state index contributed by atoms with van der Waals surface area (Å²) in [5, 5.41) is 8.90. The van der Waals surface area contributed by atoms with Gasteiger partial charge in [-0.1, -0.05) is 54.6 Å². The average Bonchev–Trinajstić information content (AvgIpc) is 3.15. The third-order valence-corrected chi connectivity index (χ3v) is 5.63. The van der Waals surface area contributed by atoms with E-state index in [2.05, 4.69) is 87.4 Å². The summed E-state index contributed by atoms with van der Waals surface area (Å²) in [6.07, 6.45) is 6.95. The number of rotatable bonds is 6. The van der Waals surface area contributed by atoms with Crippen LogP contribution in [0.4, 0.5) is 0 Å². The van der Waals surface area contributed by atoms with Crippen molar-refractivity contribution in [2.24, 2.45) is 0 Å². The molecular formula is C24H28N4. The Hall–Kier alpha value is -2.72. The van der Waals surface area contributed by atoms with Gasteiger partial charge >= 0.3 is 0 Å². The van der Waals surface area contributed by atoms with Gasteiger partial charge in [0.25, 0.3) is 0 Å². The Balaban J connectivity index is 1.54. The standard InChI is InChI=1S/C24H28N4/c1-19-25-26-24(28(19)22-13-7-4-8-14-22)21-12-9-15-23(18-21)27(2)17-16-20-10-5-3-6-11-20/h3-8,10-11,13-14,18,23H,9,12,15-17H2,1-2H3. The van der Waals surface area contributed by atoms with Gasteiger partial charge in [0.05, 0.1) is 0 Å². The summed E-state index contributed by atoms with van der Waals surface area (Å²) in [5.74, 6) is 1.92. The van der Waals surface area contributed by atoms with Crippen LogP contribution >= 0.6 is 0 Å². The molecule has 3 aromatic rings. The van der Waals surface area contributed by atoms with Crippen molar-refractivity contribution in [3.8, 4) is 5.69 Å². The molecule has 1 atom stereocenters. The molecule has 4 rings (SSSR count). The highest BCUT2D eigenvalue weighted by Crippen LogP contribution is 2.29. The molecule has 0 bridgehead atoms. The molecule has 0 saturated heterocycles. The van der Waals surface area contributed by atoms with E-state index in [0.29, 0.717) is 6.04 Å². The minimum Gasteiger partial charge on any atom is -0.300 e. The molecule has 1 aromatic heterocycles. The zero-order chi connectivity index (χ0) is 19.3. The van der Waals surface area contributed by atoms with Crippen LogP contribution in [0.3, 0.4) is 0 Å². The molecule has 0 saturated carbocycles. The highest BCUT2D eigenvalue weighted by Gasteiger charge is 2.22. The van der Waals surface area contributed by atoms with Crippen LogP contribution < -0.4 is 0 Å². The molecule has 1 aliphatic carbocycles. The van der Waals surface area contributed by atoms with E-state index in [-0.39, 0.29) is 0 Å². The third kappa shape index (κ3) is 4.07. The minimum absolute atomic E-state index is 0.452. The van der Waals surface area contributed by atoms with Gasteiger partial charge in [-0.3, -0.25) is 9.47 Å². The summed E-state index contributed by atoms with van der Waals surface area (Å²) in [7, 11) is 2.24. The molecule has 0 N–H and O–H groups in total. The van der Waals surface area contributed by atoms with Gasteiger partial charge in [-0.05, 0) is 62.9 Å². The topological polar surface area (TPSA) is 34.0 Å². The zero-order valence-electron chi connectivity index (χ0n) is 16.8. The van der Waals surface area contributed by atoms with Crippen molar-refractivity contribution in [1.29, 1.82) is 0 Å². The Morgan fingerprint density at radius 3 is 2.46 bits per heavy atom.